The smallest absolute Gasteiger partial charge is 0.220 e. The van der Waals surface area contributed by atoms with Gasteiger partial charge in [-0.3, -0.25) is 4.79 Å². The summed E-state index contributed by atoms with van der Waals surface area (Å²) in [7, 11) is 0. The highest BCUT2D eigenvalue weighted by Gasteiger charge is 2.18. The van der Waals surface area contributed by atoms with Crippen LogP contribution in [0.5, 0.6) is 0 Å². The maximum atomic E-state index is 11.6. The average Bonchev–Trinajstić information content (AvgIpc) is 2.25. The minimum atomic E-state index is -0.500. The highest BCUT2D eigenvalue weighted by atomic mass is 32.2. The normalized spacial score (nSPS) is 12.5. The molecule has 0 bridgehead atoms. The predicted molar refractivity (Wildman–Crippen MR) is 84.6 cm³/mol. The van der Waals surface area contributed by atoms with E-state index in [0.29, 0.717) is 11.8 Å². The van der Waals surface area contributed by atoms with Crippen LogP contribution in [0.4, 0.5) is 0 Å². The minimum absolute atomic E-state index is 0.0256. The molecule has 2 N–H and O–H groups in total. The molecule has 3 nitrogen and oxygen atoms in total. The van der Waals surface area contributed by atoms with Gasteiger partial charge in [0.15, 0.2) is 0 Å². The topological polar surface area (TPSA) is 49.3 Å². The summed E-state index contributed by atoms with van der Waals surface area (Å²) in [4.78, 5) is 11.6. The summed E-state index contributed by atoms with van der Waals surface area (Å²) in [6, 6.07) is 0. The quantitative estimate of drug-likeness (QED) is 0.641. The van der Waals surface area contributed by atoms with Crippen molar-refractivity contribution in [1.29, 1.82) is 0 Å². The number of hydrogen-bond donors (Lipinski definition) is 2. The van der Waals surface area contributed by atoms with Crippen molar-refractivity contribution in [2.75, 3.05) is 18.1 Å². The highest BCUT2D eigenvalue weighted by molar-refractivity contribution is 7.99. The Hall–Kier alpha value is -0.220. The molecule has 0 aromatic carbocycles. The Balaban J connectivity index is 3.47. The lowest BCUT2D eigenvalue weighted by Gasteiger charge is -2.23. The summed E-state index contributed by atoms with van der Waals surface area (Å²) in [5.74, 6) is 2.42. The first kappa shape index (κ1) is 18.8. The fraction of sp³-hybridized carbons (Fsp3) is 0.933. The van der Waals surface area contributed by atoms with E-state index in [2.05, 4.69) is 26.1 Å². The molecule has 0 heterocycles. The maximum absolute atomic E-state index is 11.6. The number of carbonyl (C=O) groups is 1. The molecule has 0 unspecified atom stereocenters. The summed E-state index contributed by atoms with van der Waals surface area (Å²) in [6.45, 7) is 10.4. The molecule has 0 rings (SSSR count). The van der Waals surface area contributed by atoms with E-state index in [-0.39, 0.29) is 12.5 Å². The van der Waals surface area contributed by atoms with Crippen molar-refractivity contribution >= 4 is 17.7 Å². The number of amides is 1. The van der Waals surface area contributed by atoms with Gasteiger partial charge < -0.3 is 10.4 Å². The zero-order valence-corrected chi connectivity index (χ0v) is 14.0. The van der Waals surface area contributed by atoms with Crippen LogP contribution in [-0.4, -0.2) is 34.7 Å². The molecule has 4 heteroatoms. The third-order valence-corrected chi connectivity index (χ3v) is 4.25. The predicted octanol–water partition coefficient (Wildman–Crippen LogP) is 3.21. The Morgan fingerprint density at radius 1 is 1.11 bits per heavy atom. The monoisotopic (exact) mass is 289 g/mol. The number of carbonyl (C=O) groups excluding carboxylic acids is 1. The molecule has 0 saturated carbocycles. The van der Waals surface area contributed by atoms with Crippen molar-refractivity contribution in [1.82, 2.24) is 5.32 Å². The molecular formula is C15H31NO2S. The molecular weight excluding hydrogens is 258 g/mol. The largest absolute Gasteiger partial charge is 0.394 e. The van der Waals surface area contributed by atoms with Crippen molar-refractivity contribution in [3.05, 3.63) is 0 Å². The fourth-order valence-electron chi connectivity index (χ4n) is 1.52. The van der Waals surface area contributed by atoms with Crippen molar-refractivity contribution in [2.24, 2.45) is 5.41 Å². The molecule has 114 valence electrons. The number of nitrogens with one attached hydrogen (secondary N) is 1. The van der Waals surface area contributed by atoms with E-state index in [9.17, 15) is 4.79 Å². The van der Waals surface area contributed by atoms with Gasteiger partial charge in [-0.15, -0.1) is 0 Å². The van der Waals surface area contributed by atoms with Gasteiger partial charge in [-0.1, -0.05) is 27.2 Å². The molecule has 0 atom stereocenters. The van der Waals surface area contributed by atoms with E-state index in [4.69, 9.17) is 5.11 Å². The van der Waals surface area contributed by atoms with Crippen LogP contribution in [0.2, 0.25) is 0 Å². The van der Waals surface area contributed by atoms with Crippen molar-refractivity contribution < 1.29 is 9.90 Å². The van der Waals surface area contributed by atoms with Gasteiger partial charge in [-0.25, -0.2) is 0 Å². The maximum Gasteiger partial charge on any atom is 0.220 e. The van der Waals surface area contributed by atoms with Crippen LogP contribution in [0.25, 0.3) is 0 Å². The second-order valence-corrected chi connectivity index (χ2v) is 8.12. The molecule has 0 spiro atoms. The molecule has 0 aliphatic carbocycles. The molecule has 0 fully saturated rings. The van der Waals surface area contributed by atoms with E-state index in [1.807, 2.05) is 25.6 Å². The molecule has 0 saturated heterocycles. The molecule has 0 aromatic heterocycles. The van der Waals surface area contributed by atoms with Gasteiger partial charge in [-0.2, -0.15) is 11.8 Å². The second-order valence-electron chi connectivity index (χ2n) is 7.01. The number of aliphatic hydroxyl groups excluding tert-OH is 1. The average molecular weight is 289 g/mol. The first-order valence-corrected chi connectivity index (χ1v) is 8.31. The number of hydrogen-bond acceptors (Lipinski definition) is 3. The van der Waals surface area contributed by atoms with E-state index >= 15 is 0 Å². The highest BCUT2D eigenvalue weighted by Crippen LogP contribution is 2.21. The summed E-state index contributed by atoms with van der Waals surface area (Å²) >= 11 is 2.00. The molecule has 0 radical (unpaired) electrons. The summed E-state index contributed by atoms with van der Waals surface area (Å²) in [5.41, 5.74) is -0.0971. The van der Waals surface area contributed by atoms with Crippen LogP contribution in [0.1, 0.15) is 60.3 Å². The third kappa shape index (κ3) is 12.6. The molecule has 0 aromatic rings. The van der Waals surface area contributed by atoms with Gasteiger partial charge >= 0.3 is 0 Å². The van der Waals surface area contributed by atoms with E-state index < -0.39 is 5.54 Å². The van der Waals surface area contributed by atoms with Crippen LogP contribution >= 0.6 is 11.8 Å². The SMILES string of the molecule is CC(C)(C)CSCCCCCC(=O)NC(C)(C)CO. The van der Waals surface area contributed by atoms with E-state index in [0.717, 1.165) is 12.8 Å². The lowest BCUT2D eigenvalue weighted by Crippen LogP contribution is -2.46. The van der Waals surface area contributed by atoms with Crippen LogP contribution in [-0.2, 0) is 4.79 Å². The Morgan fingerprint density at radius 2 is 1.74 bits per heavy atom. The Bertz CT molecular complexity index is 259. The minimum Gasteiger partial charge on any atom is -0.394 e. The number of unbranched alkanes of at least 4 members (excludes halogenated alkanes) is 2. The van der Waals surface area contributed by atoms with Crippen LogP contribution in [0, 0.1) is 5.41 Å². The Morgan fingerprint density at radius 3 is 2.26 bits per heavy atom. The summed E-state index contributed by atoms with van der Waals surface area (Å²) in [5, 5.41) is 11.9. The van der Waals surface area contributed by atoms with Crippen LogP contribution in [0.3, 0.4) is 0 Å². The number of thioether (sulfide) groups is 1. The lowest BCUT2D eigenvalue weighted by atomic mass is 10.0. The van der Waals surface area contributed by atoms with Gasteiger partial charge in [0.2, 0.25) is 5.91 Å². The van der Waals surface area contributed by atoms with Crippen molar-refractivity contribution in [3.8, 4) is 0 Å². The first-order valence-electron chi connectivity index (χ1n) is 7.16. The first-order chi connectivity index (χ1) is 8.66. The molecule has 0 aliphatic heterocycles. The summed E-state index contributed by atoms with van der Waals surface area (Å²) < 4.78 is 0. The molecule has 19 heavy (non-hydrogen) atoms. The van der Waals surface area contributed by atoms with E-state index in [1.165, 1.54) is 17.9 Å². The van der Waals surface area contributed by atoms with Gasteiger partial charge in [0.1, 0.15) is 0 Å². The summed E-state index contributed by atoms with van der Waals surface area (Å²) in [6.07, 6.45) is 3.78. The Kier molecular flexibility index (Phi) is 8.75. The molecule has 1 amide bonds. The standard InChI is InChI=1S/C15H31NO2S/c1-14(2,3)12-19-10-8-6-7-9-13(18)16-15(4,5)11-17/h17H,6-12H2,1-5H3,(H,16,18). The lowest BCUT2D eigenvalue weighted by molar-refractivity contribution is -0.123. The zero-order valence-electron chi connectivity index (χ0n) is 13.2. The zero-order chi connectivity index (χ0) is 14.9. The van der Waals surface area contributed by atoms with Gasteiger partial charge in [0, 0.05) is 6.42 Å². The van der Waals surface area contributed by atoms with Crippen molar-refractivity contribution in [3.63, 3.8) is 0 Å². The number of aliphatic hydroxyl groups is 1. The van der Waals surface area contributed by atoms with E-state index in [1.54, 1.807) is 0 Å². The molecule has 0 aliphatic rings. The number of rotatable bonds is 9. The van der Waals surface area contributed by atoms with Gasteiger partial charge in [-0.05, 0) is 43.6 Å². The second kappa shape index (κ2) is 8.85. The third-order valence-electron chi connectivity index (χ3n) is 2.60. The van der Waals surface area contributed by atoms with Gasteiger partial charge in [0.05, 0.1) is 12.1 Å². The van der Waals surface area contributed by atoms with Crippen LogP contribution < -0.4 is 5.32 Å². The Labute approximate surface area is 122 Å². The van der Waals surface area contributed by atoms with Crippen molar-refractivity contribution in [2.45, 2.75) is 65.8 Å². The fourth-order valence-corrected chi connectivity index (χ4v) is 2.69. The van der Waals surface area contributed by atoms with Crippen LogP contribution in [0.15, 0.2) is 0 Å². The van der Waals surface area contributed by atoms with Gasteiger partial charge in [0.25, 0.3) is 0 Å².